The van der Waals surface area contributed by atoms with Crippen molar-refractivity contribution in [3.63, 3.8) is 0 Å². The molecule has 18 nitrogen and oxygen atoms in total. The molecule has 346 valence electrons. The van der Waals surface area contributed by atoms with Gasteiger partial charge in [-0.05, 0) is 71.6 Å². The number of carboxylic acids is 1. The molecule has 61 heavy (non-hydrogen) atoms. The summed E-state index contributed by atoms with van der Waals surface area (Å²) in [4.78, 5) is 71.5. The van der Waals surface area contributed by atoms with Gasteiger partial charge in [0.25, 0.3) is 0 Å². The number of esters is 1. The van der Waals surface area contributed by atoms with E-state index in [-0.39, 0.29) is 79.3 Å². The number of nitrogens with one attached hydrogen (secondary N) is 3. The second-order valence-electron chi connectivity index (χ2n) is 16.4. The molecule has 2 heterocycles. The fraction of sp³-hybridized carbons (Fsp3) is 0.721. The Hall–Kier alpha value is -4.36. The fourth-order valence-electron chi connectivity index (χ4n) is 6.21. The van der Waals surface area contributed by atoms with E-state index in [0.29, 0.717) is 64.1 Å². The Kier molecular flexibility index (Phi) is 22.7. The fourth-order valence-corrected chi connectivity index (χ4v) is 6.21. The number of benzene rings is 1. The zero-order chi connectivity index (χ0) is 45.6. The molecule has 2 saturated heterocycles. The van der Waals surface area contributed by atoms with Gasteiger partial charge in [-0.3, -0.25) is 24.0 Å². The van der Waals surface area contributed by atoms with Crippen LogP contribution in [0.2, 0.25) is 0 Å². The van der Waals surface area contributed by atoms with Crippen molar-refractivity contribution in [2.24, 2.45) is 0 Å². The van der Waals surface area contributed by atoms with Gasteiger partial charge in [0, 0.05) is 58.8 Å². The molecule has 2 aliphatic heterocycles. The summed E-state index contributed by atoms with van der Waals surface area (Å²) >= 11 is 0. The Morgan fingerprint density at radius 3 is 2.33 bits per heavy atom. The zero-order valence-electron chi connectivity index (χ0n) is 37.3. The number of aliphatic hydroxyl groups excluding tert-OH is 1. The molecule has 0 aliphatic carbocycles. The van der Waals surface area contributed by atoms with Crippen molar-refractivity contribution in [1.29, 1.82) is 0 Å². The summed E-state index contributed by atoms with van der Waals surface area (Å²) in [6, 6.07) is 4.70. The third kappa shape index (κ3) is 19.9. The lowest BCUT2D eigenvalue weighted by molar-refractivity contribution is -0.195. The molecule has 2 aliphatic rings. The first-order valence-electron chi connectivity index (χ1n) is 21.2. The standard InChI is InChI=1S/C23H44N2O5.C20H26N2O9/c1-8-10-11-19(26)24-16-23(29-9-2)17-25(18-23)20(27)12-13-22(5,6)30-15-14-21(3,4)28-7;1-2-18(26)29-10-12-3-4-15(14(7-12)22-17(25)5-6-21-11-23)30-19-9-13(24)8-16(31-19)20(27)28/h8-18H2,1-7H3,(H,24,26);3-4,7,11,13,16,19,24H,2,5-6,8-10H2,1H3,(H,21,23)(H,22,25)(H,27,28). The number of likely N-dealkylation sites (tertiary alicyclic amines) is 1. The Morgan fingerprint density at radius 1 is 0.984 bits per heavy atom. The van der Waals surface area contributed by atoms with Crippen LogP contribution in [0.3, 0.4) is 0 Å². The van der Waals surface area contributed by atoms with Gasteiger partial charge in [-0.1, -0.05) is 26.3 Å². The average molecular weight is 867 g/mol. The van der Waals surface area contributed by atoms with Crippen molar-refractivity contribution in [2.75, 3.05) is 51.8 Å². The van der Waals surface area contributed by atoms with Crippen molar-refractivity contribution < 1.29 is 67.4 Å². The zero-order valence-corrected chi connectivity index (χ0v) is 37.3. The molecule has 1 aromatic carbocycles. The summed E-state index contributed by atoms with van der Waals surface area (Å²) < 4.78 is 33.5. The maximum absolute atomic E-state index is 12.6. The minimum Gasteiger partial charge on any atom is -0.479 e. The number of nitrogens with zero attached hydrogens (tertiary/aromatic N) is 1. The van der Waals surface area contributed by atoms with Crippen molar-refractivity contribution in [3.8, 4) is 5.75 Å². The van der Waals surface area contributed by atoms with Gasteiger partial charge in [-0.2, -0.15) is 0 Å². The summed E-state index contributed by atoms with van der Waals surface area (Å²) in [7, 11) is 1.70. The molecule has 18 heteroatoms. The minimum absolute atomic E-state index is 0.00690. The van der Waals surface area contributed by atoms with E-state index < -0.39 is 36.0 Å². The summed E-state index contributed by atoms with van der Waals surface area (Å²) in [5.41, 5.74) is -0.198. The van der Waals surface area contributed by atoms with E-state index in [0.717, 1.165) is 19.3 Å². The molecule has 1 aromatic rings. The first kappa shape index (κ1) is 52.8. The molecule has 0 spiro atoms. The highest BCUT2D eigenvalue weighted by Crippen LogP contribution is 2.31. The summed E-state index contributed by atoms with van der Waals surface area (Å²) in [6.07, 6.45) is 1.86. The number of aliphatic carboxylic acids is 1. The van der Waals surface area contributed by atoms with Crippen molar-refractivity contribution in [1.82, 2.24) is 15.5 Å². The molecule has 3 unspecified atom stereocenters. The molecule has 0 aromatic heterocycles. The Balaban J connectivity index is 0.000000420. The van der Waals surface area contributed by atoms with Crippen LogP contribution in [0, 0.1) is 0 Å². The number of methoxy groups -OCH3 is 1. The lowest BCUT2D eigenvalue weighted by atomic mass is 9.92. The first-order chi connectivity index (χ1) is 28.8. The maximum Gasteiger partial charge on any atom is 0.333 e. The number of ether oxygens (including phenoxy) is 6. The van der Waals surface area contributed by atoms with E-state index in [4.69, 9.17) is 33.5 Å². The molecule has 4 amide bonds. The van der Waals surface area contributed by atoms with Crippen LogP contribution in [-0.4, -0.2) is 133 Å². The van der Waals surface area contributed by atoms with Crippen LogP contribution in [0.25, 0.3) is 0 Å². The molecule has 0 radical (unpaired) electrons. The maximum atomic E-state index is 12.6. The van der Waals surface area contributed by atoms with Crippen LogP contribution in [-0.2, 0) is 59.1 Å². The van der Waals surface area contributed by atoms with E-state index in [9.17, 15) is 33.9 Å². The largest absolute Gasteiger partial charge is 0.479 e. The third-order valence-corrected chi connectivity index (χ3v) is 10.2. The van der Waals surface area contributed by atoms with Gasteiger partial charge >= 0.3 is 11.9 Å². The minimum atomic E-state index is -1.21. The number of unbranched alkanes of at least 4 members (excludes halogenated alkanes) is 1. The average Bonchev–Trinajstić information content (AvgIpc) is 3.19. The predicted octanol–water partition coefficient (Wildman–Crippen LogP) is 3.84. The number of anilines is 1. The van der Waals surface area contributed by atoms with Crippen molar-refractivity contribution in [2.45, 2.75) is 155 Å². The highest BCUT2D eigenvalue weighted by atomic mass is 16.7. The molecule has 5 N–H and O–H groups in total. The van der Waals surface area contributed by atoms with Gasteiger partial charge in [-0.15, -0.1) is 0 Å². The van der Waals surface area contributed by atoms with Crippen LogP contribution in [0.15, 0.2) is 18.2 Å². The van der Waals surface area contributed by atoms with Crippen LogP contribution < -0.4 is 20.7 Å². The topological polar surface area (TPSA) is 238 Å². The van der Waals surface area contributed by atoms with Gasteiger partial charge in [-0.25, -0.2) is 4.79 Å². The third-order valence-electron chi connectivity index (χ3n) is 10.2. The first-order valence-corrected chi connectivity index (χ1v) is 21.2. The van der Waals surface area contributed by atoms with Crippen LogP contribution in [0.1, 0.15) is 118 Å². The number of rotatable bonds is 26. The predicted molar refractivity (Wildman–Crippen MR) is 224 cm³/mol. The number of carbonyl (C=O) groups excluding carboxylic acids is 5. The van der Waals surface area contributed by atoms with E-state index in [1.165, 1.54) is 6.07 Å². The van der Waals surface area contributed by atoms with Gasteiger partial charge in [0.05, 0.1) is 49.2 Å². The number of hydrogen-bond donors (Lipinski definition) is 5. The molecule has 0 saturated carbocycles. The molecule has 3 rings (SSSR count). The van der Waals surface area contributed by atoms with Crippen LogP contribution >= 0.6 is 0 Å². The molecular formula is C43H70N4O14. The van der Waals surface area contributed by atoms with Crippen molar-refractivity contribution in [3.05, 3.63) is 23.8 Å². The molecular weight excluding hydrogens is 796 g/mol. The number of amides is 4. The van der Waals surface area contributed by atoms with Crippen LogP contribution in [0.4, 0.5) is 5.69 Å². The lowest BCUT2D eigenvalue weighted by Gasteiger charge is -2.49. The number of aliphatic hydroxyl groups is 1. The molecule has 2 fully saturated rings. The van der Waals surface area contributed by atoms with E-state index in [2.05, 4.69) is 22.9 Å². The monoisotopic (exact) mass is 866 g/mol. The van der Waals surface area contributed by atoms with Crippen LogP contribution in [0.5, 0.6) is 5.75 Å². The summed E-state index contributed by atoms with van der Waals surface area (Å²) in [5, 5.41) is 27.1. The summed E-state index contributed by atoms with van der Waals surface area (Å²) in [6.45, 7) is 16.6. The van der Waals surface area contributed by atoms with Gasteiger partial charge < -0.3 is 59.5 Å². The SMILES string of the molecule is CCC(=O)OCc1ccc(OC2CC(O)CC(C(=O)O)O2)c(NC(=O)CCNC=O)c1.CCCCC(=O)NCC1(OCC)CN(C(=O)CCC(C)(C)OCCC(C)(C)OC)C1. The van der Waals surface area contributed by atoms with Gasteiger partial charge in [0.2, 0.25) is 30.4 Å². The second kappa shape index (κ2) is 26.2. The quantitative estimate of drug-likeness (QED) is 0.0506. The number of carbonyl (C=O) groups is 6. The van der Waals surface area contributed by atoms with E-state index >= 15 is 0 Å². The second-order valence-corrected chi connectivity index (χ2v) is 16.4. The van der Waals surface area contributed by atoms with E-state index in [1.54, 1.807) is 26.2 Å². The summed E-state index contributed by atoms with van der Waals surface area (Å²) in [5.74, 6) is -1.65. The number of hydrogen-bond acceptors (Lipinski definition) is 13. The Bertz CT molecular complexity index is 1570. The highest BCUT2D eigenvalue weighted by molar-refractivity contribution is 5.92. The van der Waals surface area contributed by atoms with Gasteiger partial charge in [0.1, 0.15) is 18.0 Å². The Labute approximate surface area is 360 Å². The van der Waals surface area contributed by atoms with E-state index in [1.807, 2.05) is 39.5 Å². The number of carboxylic acid groups (broad SMARTS) is 1. The molecule has 0 bridgehead atoms. The normalized spacial score (nSPS) is 18.4. The van der Waals surface area contributed by atoms with Gasteiger partial charge in [0.15, 0.2) is 6.10 Å². The smallest absolute Gasteiger partial charge is 0.333 e. The highest BCUT2D eigenvalue weighted by Gasteiger charge is 2.46. The lowest BCUT2D eigenvalue weighted by Crippen LogP contribution is -2.68. The Morgan fingerprint density at radius 2 is 1.70 bits per heavy atom. The molecule has 3 atom stereocenters. The van der Waals surface area contributed by atoms with Crippen molar-refractivity contribution >= 4 is 41.8 Å².